The van der Waals surface area contributed by atoms with Gasteiger partial charge in [-0.15, -0.1) is 0 Å². The fourth-order valence-electron chi connectivity index (χ4n) is 3.81. The van der Waals surface area contributed by atoms with Gasteiger partial charge >= 0.3 is 0 Å². The third-order valence-corrected chi connectivity index (χ3v) is 5.17. The first kappa shape index (κ1) is 16.0. The molecular formula is C18H20FN5O. The van der Waals surface area contributed by atoms with Gasteiger partial charge in [0.25, 0.3) is 0 Å². The molecule has 1 aromatic heterocycles. The average Bonchev–Trinajstić information content (AvgIpc) is 3.19. The Bertz CT molecular complexity index is 810. The van der Waals surface area contributed by atoms with E-state index in [1.807, 2.05) is 6.07 Å². The van der Waals surface area contributed by atoms with E-state index in [9.17, 15) is 4.39 Å². The minimum atomic E-state index is -0.343. The van der Waals surface area contributed by atoms with Crippen molar-refractivity contribution in [2.24, 2.45) is 11.8 Å². The first-order valence-electron chi connectivity index (χ1n) is 8.54. The van der Waals surface area contributed by atoms with Crippen LogP contribution in [0.3, 0.4) is 0 Å². The van der Waals surface area contributed by atoms with Gasteiger partial charge in [0.05, 0.1) is 17.3 Å². The first-order chi connectivity index (χ1) is 12.2. The SMILES string of the molecule is COCc1nc([C@H]2CN(c3ccc(C#N)cc3F)C[C@@H]2C2CC2)n[nH]1. The fourth-order valence-corrected chi connectivity index (χ4v) is 3.81. The van der Waals surface area contributed by atoms with Crippen molar-refractivity contribution in [3.05, 3.63) is 41.2 Å². The van der Waals surface area contributed by atoms with E-state index in [1.54, 1.807) is 19.2 Å². The van der Waals surface area contributed by atoms with E-state index >= 15 is 0 Å². The highest BCUT2D eigenvalue weighted by Crippen LogP contribution is 2.48. The number of nitrogens with one attached hydrogen (secondary N) is 1. The quantitative estimate of drug-likeness (QED) is 0.904. The van der Waals surface area contributed by atoms with Gasteiger partial charge in [-0.05, 0) is 42.9 Å². The molecule has 2 aliphatic rings. The Morgan fingerprint density at radius 2 is 2.24 bits per heavy atom. The molecule has 25 heavy (non-hydrogen) atoms. The van der Waals surface area contributed by atoms with Crippen LogP contribution in [-0.4, -0.2) is 35.4 Å². The summed E-state index contributed by atoms with van der Waals surface area (Å²) in [6.07, 6.45) is 2.44. The average molecular weight is 341 g/mol. The Morgan fingerprint density at radius 1 is 1.40 bits per heavy atom. The molecule has 130 valence electrons. The lowest BCUT2D eigenvalue weighted by Gasteiger charge is -2.19. The number of anilines is 1. The molecule has 0 bridgehead atoms. The predicted octanol–water partition coefficient (Wildman–Crippen LogP) is 2.59. The molecule has 1 saturated carbocycles. The second-order valence-electron chi connectivity index (χ2n) is 6.86. The molecule has 1 aromatic carbocycles. The van der Waals surface area contributed by atoms with Gasteiger partial charge in [-0.1, -0.05) is 0 Å². The number of nitrogens with zero attached hydrogens (tertiary/aromatic N) is 4. The summed E-state index contributed by atoms with van der Waals surface area (Å²) in [6.45, 7) is 1.89. The summed E-state index contributed by atoms with van der Waals surface area (Å²) in [5, 5.41) is 16.2. The second-order valence-corrected chi connectivity index (χ2v) is 6.86. The van der Waals surface area contributed by atoms with E-state index in [0.29, 0.717) is 36.2 Å². The Morgan fingerprint density at radius 3 is 2.92 bits per heavy atom. The van der Waals surface area contributed by atoms with E-state index < -0.39 is 0 Å². The van der Waals surface area contributed by atoms with Crippen molar-refractivity contribution in [1.82, 2.24) is 15.2 Å². The number of H-pyrrole nitrogens is 1. The number of aromatic amines is 1. The van der Waals surface area contributed by atoms with Crippen LogP contribution >= 0.6 is 0 Å². The van der Waals surface area contributed by atoms with Crippen molar-refractivity contribution in [2.45, 2.75) is 25.4 Å². The van der Waals surface area contributed by atoms with Gasteiger partial charge in [-0.3, -0.25) is 5.10 Å². The minimum absolute atomic E-state index is 0.185. The number of aromatic nitrogens is 3. The van der Waals surface area contributed by atoms with E-state index in [4.69, 9.17) is 10.00 Å². The van der Waals surface area contributed by atoms with Gasteiger partial charge in [0.2, 0.25) is 0 Å². The van der Waals surface area contributed by atoms with Crippen LogP contribution in [0.15, 0.2) is 18.2 Å². The van der Waals surface area contributed by atoms with E-state index in [-0.39, 0.29) is 11.7 Å². The van der Waals surface area contributed by atoms with Gasteiger partial charge in [-0.25, -0.2) is 9.37 Å². The van der Waals surface area contributed by atoms with Gasteiger partial charge in [0, 0.05) is 26.1 Å². The van der Waals surface area contributed by atoms with Crippen molar-refractivity contribution in [3.8, 4) is 6.07 Å². The molecule has 0 spiro atoms. The number of hydrogen-bond acceptors (Lipinski definition) is 5. The molecule has 2 atom stereocenters. The Balaban J connectivity index is 1.59. The van der Waals surface area contributed by atoms with E-state index in [1.165, 1.54) is 18.9 Å². The molecule has 2 fully saturated rings. The smallest absolute Gasteiger partial charge is 0.156 e. The highest BCUT2D eigenvalue weighted by molar-refractivity contribution is 5.52. The normalized spacial score (nSPS) is 23.0. The molecule has 1 aliphatic heterocycles. The van der Waals surface area contributed by atoms with Crippen molar-refractivity contribution >= 4 is 5.69 Å². The van der Waals surface area contributed by atoms with Crippen LogP contribution in [-0.2, 0) is 11.3 Å². The number of ether oxygens (including phenoxy) is 1. The van der Waals surface area contributed by atoms with Gasteiger partial charge in [0.1, 0.15) is 12.4 Å². The van der Waals surface area contributed by atoms with Crippen LogP contribution in [0.5, 0.6) is 0 Å². The number of hydrogen-bond donors (Lipinski definition) is 1. The van der Waals surface area contributed by atoms with Crippen LogP contribution in [0.4, 0.5) is 10.1 Å². The van der Waals surface area contributed by atoms with Gasteiger partial charge < -0.3 is 9.64 Å². The molecule has 0 unspecified atom stereocenters. The van der Waals surface area contributed by atoms with Crippen LogP contribution < -0.4 is 4.90 Å². The summed E-state index contributed by atoms with van der Waals surface area (Å²) in [5.41, 5.74) is 0.897. The van der Waals surface area contributed by atoms with Crippen molar-refractivity contribution in [3.63, 3.8) is 0 Å². The summed E-state index contributed by atoms with van der Waals surface area (Å²) in [7, 11) is 1.63. The number of nitriles is 1. The zero-order valence-electron chi connectivity index (χ0n) is 14.1. The van der Waals surface area contributed by atoms with Crippen LogP contribution in [0.2, 0.25) is 0 Å². The van der Waals surface area contributed by atoms with Crippen molar-refractivity contribution in [1.29, 1.82) is 5.26 Å². The van der Waals surface area contributed by atoms with Gasteiger partial charge in [0.15, 0.2) is 11.6 Å². The lowest BCUT2D eigenvalue weighted by atomic mass is 9.91. The molecule has 2 heterocycles. The van der Waals surface area contributed by atoms with Gasteiger partial charge in [-0.2, -0.15) is 10.4 Å². The molecule has 2 aromatic rings. The predicted molar refractivity (Wildman–Crippen MR) is 89.4 cm³/mol. The Kier molecular flexibility index (Phi) is 4.14. The lowest BCUT2D eigenvalue weighted by Crippen LogP contribution is -2.21. The zero-order chi connectivity index (χ0) is 17.4. The summed E-state index contributed by atoms with van der Waals surface area (Å²) in [5.74, 6) is 2.45. The maximum Gasteiger partial charge on any atom is 0.156 e. The maximum absolute atomic E-state index is 14.4. The molecule has 1 aliphatic carbocycles. The number of benzene rings is 1. The van der Waals surface area contributed by atoms with Crippen molar-refractivity contribution in [2.75, 3.05) is 25.1 Å². The summed E-state index contributed by atoms with van der Waals surface area (Å²) < 4.78 is 19.5. The number of rotatable bonds is 5. The highest BCUT2D eigenvalue weighted by atomic mass is 19.1. The van der Waals surface area contributed by atoms with E-state index in [0.717, 1.165) is 18.2 Å². The molecule has 4 rings (SSSR count). The van der Waals surface area contributed by atoms with Crippen molar-refractivity contribution < 1.29 is 9.13 Å². The third-order valence-electron chi connectivity index (χ3n) is 5.17. The lowest BCUT2D eigenvalue weighted by molar-refractivity contribution is 0.178. The second kappa shape index (κ2) is 6.45. The van der Waals surface area contributed by atoms with Crippen LogP contribution in [0.25, 0.3) is 0 Å². The summed E-state index contributed by atoms with van der Waals surface area (Å²) in [4.78, 5) is 6.63. The molecule has 6 nitrogen and oxygen atoms in total. The topological polar surface area (TPSA) is 77.8 Å². The molecule has 7 heteroatoms. The van der Waals surface area contributed by atoms with Crippen LogP contribution in [0, 0.1) is 29.0 Å². The highest BCUT2D eigenvalue weighted by Gasteiger charge is 2.45. The van der Waals surface area contributed by atoms with Crippen LogP contribution in [0.1, 0.15) is 36.0 Å². The molecule has 0 radical (unpaired) electrons. The molecule has 1 saturated heterocycles. The Hall–Kier alpha value is -2.46. The fraction of sp³-hybridized carbons (Fsp3) is 0.500. The monoisotopic (exact) mass is 341 g/mol. The molecular weight excluding hydrogens is 321 g/mol. The number of methoxy groups -OCH3 is 1. The Labute approximate surface area is 145 Å². The molecule has 0 amide bonds. The molecule has 1 N–H and O–H groups in total. The zero-order valence-corrected chi connectivity index (χ0v) is 14.1. The standard InChI is InChI=1S/C18H20FN5O/c1-25-10-17-21-18(23-22-17)14-9-24(8-13(14)12-3-4-12)16-5-2-11(7-20)6-15(16)19/h2,5-6,12-14H,3-4,8-10H2,1H3,(H,21,22,23)/t13-,14+/m1/s1. The minimum Gasteiger partial charge on any atom is -0.377 e. The maximum atomic E-state index is 14.4. The number of halogens is 1. The first-order valence-corrected chi connectivity index (χ1v) is 8.54. The largest absolute Gasteiger partial charge is 0.377 e. The third kappa shape index (κ3) is 3.10. The summed E-state index contributed by atoms with van der Waals surface area (Å²) >= 11 is 0. The summed E-state index contributed by atoms with van der Waals surface area (Å²) in [6, 6.07) is 6.65. The van der Waals surface area contributed by atoms with E-state index in [2.05, 4.69) is 20.1 Å².